The first-order chi connectivity index (χ1) is 16.2. The lowest BCUT2D eigenvalue weighted by atomic mass is 9.62. The number of nitrogens with zero attached hydrogens (tertiary/aromatic N) is 2. The van der Waals surface area contributed by atoms with Gasteiger partial charge in [0.25, 0.3) is 5.92 Å². The van der Waals surface area contributed by atoms with Crippen LogP contribution in [0.3, 0.4) is 0 Å². The molecule has 1 aromatic carbocycles. The molecule has 9 heteroatoms. The fraction of sp³-hybridized carbons (Fsp3) is 0.654. The summed E-state index contributed by atoms with van der Waals surface area (Å²) < 4.78 is 28.4. The first kappa shape index (κ1) is 28.2. The quantitative estimate of drug-likeness (QED) is 0.112. The number of halogens is 4. The Morgan fingerprint density at radius 2 is 1.91 bits per heavy atom. The zero-order valence-electron chi connectivity index (χ0n) is 20.8. The number of amidine groups is 1. The number of alkyl halides is 2. The number of hydrazine groups is 1. The minimum atomic E-state index is -3.08. The molecule has 0 saturated heterocycles. The normalized spacial score (nSPS) is 26.8. The van der Waals surface area contributed by atoms with Gasteiger partial charge in [-0.15, -0.1) is 5.10 Å². The summed E-state index contributed by atoms with van der Waals surface area (Å²) in [6.07, 6.45) is 8.34. The predicted octanol–water partition coefficient (Wildman–Crippen LogP) is 6.51. The maximum absolute atomic E-state index is 14.2. The van der Waals surface area contributed by atoms with E-state index < -0.39 is 11.5 Å². The second kappa shape index (κ2) is 10.9. The first-order valence-corrected chi connectivity index (χ1v) is 13.1. The molecular formula is C26H38Cl2F2N4O. The lowest BCUT2D eigenvalue weighted by Gasteiger charge is -2.43. The van der Waals surface area contributed by atoms with E-state index in [9.17, 15) is 13.9 Å². The molecule has 0 aliphatic heterocycles. The molecule has 2 saturated carbocycles. The highest BCUT2D eigenvalue weighted by atomic mass is 35.5. The second-order valence-corrected chi connectivity index (χ2v) is 11.8. The van der Waals surface area contributed by atoms with Crippen LogP contribution in [-0.4, -0.2) is 34.1 Å². The van der Waals surface area contributed by atoms with Crippen molar-refractivity contribution in [1.82, 2.24) is 5.12 Å². The maximum Gasteiger partial charge on any atom is 0.275 e. The molecule has 3 unspecified atom stereocenters. The van der Waals surface area contributed by atoms with Crippen LogP contribution in [0, 0.1) is 17.3 Å². The molecule has 196 valence electrons. The fourth-order valence-electron chi connectivity index (χ4n) is 5.89. The molecular weight excluding hydrogens is 493 g/mol. The van der Waals surface area contributed by atoms with Gasteiger partial charge in [-0.2, -0.15) is 0 Å². The SMILES string of the molecule is CC12CCC/C(=C\CN(N)/N=C(\N)c3cc(Cl)cc(Cl)c3)C1CCC2CCCC(F)(F)C(C)(C)O. The number of allylic oxidation sites excluding steroid dienone is 1. The molecule has 3 rings (SSSR count). The number of nitrogens with two attached hydrogens (primary N) is 2. The largest absolute Gasteiger partial charge is 0.384 e. The molecule has 0 radical (unpaired) electrons. The molecule has 1 aromatic rings. The summed E-state index contributed by atoms with van der Waals surface area (Å²) >= 11 is 12.1. The highest BCUT2D eigenvalue weighted by molar-refractivity contribution is 6.35. The molecule has 2 aliphatic carbocycles. The van der Waals surface area contributed by atoms with Gasteiger partial charge in [0.1, 0.15) is 5.60 Å². The van der Waals surface area contributed by atoms with Gasteiger partial charge in [0.2, 0.25) is 0 Å². The van der Waals surface area contributed by atoms with Crippen molar-refractivity contribution in [1.29, 1.82) is 0 Å². The monoisotopic (exact) mass is 530 g/mol. The number of hydrogen-bond donors (Lipinski definition) is 3. The van der Waals surface area contributed by atoms with E-state index in [2.05, 4.69) is 18.1 Å². The summed E-state index contributed by atoms with van der Waals surface area (Å²) in [6.45, 7) is 5.09. The molecule has 0 heterocycles. The van der Waals surface area contributed by atoms with E-state index in [0.717, 1.165) is 38.5 Å². The Morgan fingerprint density at radius 3 is 2.54 bits per heavy atom. The van der Waals surface area contributed by atoms with Crippen molar-refractivity contribution in [2.24, 2.45) is 33.9 Å². The van der Waals surface area contributed by atoms with Crippen LogP contribution in [0.5, 0.6) is 0 Å². The van der Waals surface area contributed by atoms with Crippen LogP contribution in [0.1, 0.15) is 77.7 Å². The van der Waals surface area contributed by atoms with Crippen molar-refractivity contribution in [2.75, 3.05) is 6.54 Å². The van der Waals surface area contributed by atoms with Crippen molar-refractivity contribution in [3.8, 4) is 0 Å². The summed E-state index contributed by atoms with van der Waals surface area (Å²) in [5.41, 5.74) is 6.18. The van der Waals surface area contributed by atoms with Crippen LogP contribution < -0.4 is 11.6 Å². The van der Waals surface area contributed by atoms with Gasteiger partial charge in [-0.1, -0.05) is 41.8 Å². The van der Waals surface area contributed by atoms with Crippen LogP contribution in [0.25, 0.3) is 0 Å². The third-order valence-corrected chi connectivity index (χ3v) is 8.47. The van der Waals surface area contributed by atoms with E-state index in [4.69, 9.17) is 34.8 Å². The van der Waals surface area contributed by atoms with Crippen molar-refractivity contribution in [3.63, 3.8) is 0 Å². The molecule has 5 nitrogen and oxygen atoms in total. The van der Waals surface area contributed by atoms with Crippen LogP contribution >= 0.6 is 23.2 Å². The van der Waals surface area contributed by atoms with E-state index in [1.807, 2.05) is 0 Å². The third kappa shape index (κ3) is 6.68. The van der Waals surface area contributed by atoms with Gasteiger partial charge in [0.05, 0.1) is 6.54 Å². The Kier molecular flexibility index (Phi) is 8.78. The Labute approximate surface area is 217 Å². The van der Waals surface area contributed by atoms with E-state index in [-0.39, 0.29) is 17.7 Å². The molecule has 2 fully saturated rings. The summed E-state index contributed by atoms with van der Waals surface area (Å²) in [6, 6.07) is 4.99. The van der Waals surface area contributed by atoms with Gasteiger partial charge in [0, 0.05) is 22.0 Å². The third-order valence-electron chi connectivity index (χ3n) is 8.03. The topological polar surface area (TPSA) is 87.9 Å². The second-order valence-electron chi connectivity index (χ2n) is 10.9. The van der Waals surface area contributed by atoms with E-state index >= 15 is 0 Å². The van der Waals surface area contributed by atoms with Crippen LogP contribution in [0.15, 0.2) is 34.9 Å². The average molecular weight is 532 g/mol. The predicted molar refractivity (Wildman–Crippen MR) is 139 cm³/mol. The Balaban J connectivity index is 1.62. The van der Waals surface area contributed by atoms with Gasteiger partial charge in [-0.3, -0.25) is 0 Å². The van der Waals surface area contributed by atoms with Gasteiger partial charge in [-0.25, -0.2) is 19.7 Å². The number of benzene rings is 1. The van der Waals surface area contributed by atoms with Crippen molar-refractivity contribution in [2.45, 2.75) is 83.7 Å². The molecule has 5 N–H and O–H groups in total. The van der Waals surface area contributed by atoms with Crippen molar-refractivity contribution in [3.05, 3.63) is 45.5 Å². The Bertz CT molecular complexity index is 943. The number of fused-ring (bicyclic) bond motifs is 1. The van der Waals surface area contributed by atoms with Crippen LogP contribution in [-0.2, 0) is 0 Å². The molecule has 0 bridgehead atoms. The number of rotatable bonds is 9. The van der Waals surface area contributed by atoms with Crippen LogP contribution in [0.4, 0.5) is 8.78 Å². The summed E-state index contributed by atoms with van der Waals surface area (Å²) in [4.78, 5) is 0. The highest BCUT2D eigenvalue weighted by Crippen LogP contribution is 2.58. The maximum atomic E-state index is 14.2. The zero-order valence-corrected chi connectivity index (χ0v) is 22.3. The molecule has 0 spiro atoms. The molecule has 35 heavy (non-hydrogen) atoms. The highest BCUT2D eigenvalue weighted by Gasteiger charge is 2.49. The standard InChI is InChI=1S/C26H38Cl2F2N4O/c1-24(2,35)26(29,30)12-5-7-19-8-9-22-17(6-4-11-25(19,22)3)10-13-34(32)33-23(31)18-14-20(27)16-21(28)15-18/h10,14-16,19,22,35H,4-9,11-13,32H2,1-3H3,(H2,31,33)/b17-10+. The van der Waals surface area contributed by atoms with E-state index in [0.29, 0.717) is 40.4 Å². The first-order valence-electron chi connectivity index (χ1n) is 12.3. The van der Waals surface area contributed by atoms with Gasteiger partial charge < -0.3 is 10.8 Å². The fourth-order valence-corrected chi connectivity index (χ4v) is 6.42. The van der Waals surface area contributed by atoms with E-state index in [1.54, 1.807) is 18.2 Å². The zero-order chi connectivity index (χ0) is 26.0. The molecule has 0 aromatic heterocycles. The minimum Gasteiger partial charge on any atom is -0.384 e. The van der Waals surface area contributed by atoms with Gasteiger partial charge in [0.15, 0.2) is 5.84 Å². The Morgan fingerprint density at radius 1 is 1.26 bits per heavy atom. The minimum absolute atomic E-state index is 0.105. The smallest absolute Gasteiger partial charge is 0.275 e. The molecule has 0 amide bonds. The van der Waals surface area contributed by atoms with E-state index in [1.165, 1.54) is 24.5 Å². The van der Waals surface area contributed by atoms with Crippen molar-refractivity contribution >= 4 is 29.0 Å². The lowest BCUT2D eigenvalue weighted by Crippen LogP contribution is -2.42. The molecule has 3 atom stereocenters. The summed E-state index contributed by atoms with van der Waals surface area (Å²) in [7, 11) is 0. The molecule has 2 aliphatic rings. The average Bonchev–Trinajstić information content (AvgIpc) is 3.07. The lowest BCUT2D eigenvalue weighted by molar-refractivity contribution is -0.166. The van der Waals surface area contributed by atoms with Gasteiger partial charge >= 0.3 is 0 Å². The number of hydrogen-bond acceptors (Lipinski definition) is 4. The van der Waals surface area contributed by atoms with Gasteiger partial charge in [-0.05, 0) is 94.2 Å². The van der Waals surface area contributed by atoms with Crippen molar-refractivity contribution < 1.29 is 13.9 Å². The summed E-state index contributed by atoms with van der Waals surface area (Å²) in [5, 5.41) is 16.3. The number of aliphatic hydroxyl groups is 1. The number of hydrazone groups is 1. The summed E-state index contributed by atoms with van der Waals surface area (Å²) in [5.74, 6) is 4.10. The Hall–Kier alpha value is -1.41. The van der Waals surface area contributed by atoms with Crippen LogP contribution in [0.2, 0.25) is 10.0 Å².